The van der Waals surface area contributed by atoms with Crippen LogP contribution in [0.25, 0.3) is 21.1 Å². The first-order valence-electron chi connectivity index (χ1n) is 11.1. The molecule has 2 aromatic heterocycles. The molecule has 5 rings (SSSR count). The SMILES string of the molecule is Cc1ccc2nc(C(F)(F)F)cc(N)c2c1C1CCC(NC(=O)c2cccc3ncsc23)CC1. The first-order chi connectivity index (χ1) is 16.2. The van der Waals surface area contributed by atoms with Crippen LogP contribution in [0, 0.1) is 6.92 Å². The molecular weight excluding hydrogens is 461 g/mol. The van der Waals surface area contributed by atoms with Crippen LogP contribution in [0.2, 0.25) is 0 Å². The zero-order valence-corrected chi connectivity index (χ0v) is 19.3. The summed E-state index contributed by atoms with van der Waals surface area (Å²) in [5.74, 6) is 0.0374. The average Bonchev–Trinajstić information content (AvgIpc) is 3.28. The quantitative estimate of drug-likeness (QED) is 0.362. The number of aromatic nitrogens is 2. The lowest BCUT2D eigenvalue weighted by Gasteiger charge is -2.31. The standard InChI is InChI=1S/C25H23F3N4OS/c1-13-5-10-18-22(17(29)11-20(32-18)25(26,27)28)21(13)14-6-8-15(9-7-14)31-24(33)16-3-2-4-19-23(16)34-12-30-19/h2-5,10-12,14-15H,6-9H2,1H3,(H2,29,32)(H,31,33). The van der Waals surface area contributed by atoms with E-state index in [4.69, 9.17) is 5.73 Å². The van der Waals surface area contributed by atoms with Gasteiger partial charge < -0.3 is 11.1 Å². The molecule has 0 bridgehead atoms. The highest BCUT2D eigenvalue weighted by Gasteiger charge is 2.34. The Kier molecular flexibility index (Phi) is 5.67. The van der Waals surface area contributed by atoms with E-state index in [1.54, 1.807) is 11.6 Å². The average molecular weight is 485 g/mol. The van der Waals surface area contributed by atoms with Crippen molar-refractivity contribution in [2.45, 2.75) is 50.7 Å². The molecule has 176 valence electrons. The van der Waals surface area contributed by atoms with Crippen molar-refractivity contribution in [1.29, 1.82) is 0 Å². The number of anilines is 1. The first kappa shape index (κ1) is 22.6. The molecule has 0 aliphatic heterocycles. The topological polar surface area (TPSA) is 80.9 Å². The molecule has 1 saturated carbocycles. The largest absolute Gasteiger partial charge is 0.433 e. The predicted molar refractivity (Wildman–Crippen MR) is 128 cm³/mol. The molecule has 0 radical (unpaired) electrons. The summed E-state index contributed by atoms with van der Waals surface area (Å²) in [5.41, 5.74) is 10.6. The fraction of sp³-hybridized carbons (Fsp3) is 0.320. The number of halogens is 3. The van der Waals surface area contributed by atoms with E-state index in [1.165, 1.54) is 11.3 Å². The highest BCUT2D eigenvalue weighted by Crippen LogP contribution is 2.41. The van der Waals surface area contributed by atoms with Gasteiger partial charge in [0.25, 0.3) is 5.91 Å². The number of alkyl halides is 3. The van der Waals surface area contributed by atoms with E-state index in [1.807, 2.05) is 31.2 Å². The van der Waals surface area contributed by atoms with E-state index in [0.717, 1.165) is 53.1 Å². The van der Waals surface area contributed by atoms with Gasteiger partial charge in [-0.3, -0.25) is 4.79 Å². The second-order valence-corrected chi connectivity index (χ2v) is 9.67. The number of aryl methyl sites for hydroxylation is 1. The lowest BCUT2D eigenvalue weighted by atomic mass is 9.78. The van der Waals surface area contributed by atoms with Gasteiger partial charge in [-0.2, -0.15) is 13.2 Å². The fourth-order valence-corrected chi connectivity index (χ4v) is 5.82. The van der Waals surface area contributed by atoms with Crippen LogP contribution in [0.1, 0.15) is 58.8 Å². The van der Waals surface area contributed by atoms with E-state index >= 15 is 0 Å². The normalized spacial score (nSPS) is 18.9. The number of fused-ring (bicyclic) bond motifs is 2. The number of thiazole rings is 1. The zero-order chi connectivity index (χ0) is 24.0. The van der Waals surface area contributed by atoms with Crippen LogP contribution < -0.4 is 11.1 Å². The summed E-state index contributed by atoms with van der Waals surface area (Å²) in [6, 6.07) is 9.91. The second kappa shape index (κ2) is 8.54. The summed E-state index contributed by atoms with van der Waals surface area (Å²) >= 11 is 1.45. The maximum atomic E-state index is 13.2. The number of rotatable bonds is 3. The number of carbonyl (C=O) groups is 1. The molecule has 0 unspecified atom stereocenters. The van der Waals surface area contributed by atoms with Crippen molar-refractivity contribution in [2.24, 2.45) is 0 Å². The Morgan fingerprint density at radius 3 is 2.62 bits per heavy atom. The van der Waals surface area contributed by atoms with Crippen molar-refractivity contribution >= 4 is 44.1 Å². The molecule has 3 N–H and O–H groups in total. The van der Waals surface area contributed by atoms with Gasteiger partial charge in [-0.05, 0) is 73.9 Å². The number of hydrogen-bond donors (Lipinski definition) is 2. The number of nitrogens with one attached hydrogen (secondary N) is 1. The fourth-order valence-electron chi connectivity index (χ4n) is 5.02. The number of nitrogen functional groups attached to an aromatic ring is 1. The molecule has 0 spiro atoms. The highest BCUT2D eigenvalue weighted by molar-refractivity contribution is 7.17. The molecule has 1 aliphatic rings. The second-order valence-electron chi connectivity index (χ2n) is 8.81. The maximum Gasteiger partial charge on any atom is 0.433 e. The van der Waals surface area contributed by atoms with E-state index in [2.05, 4.69) is 15.3 Å². The summed E-state index contributed by atoms with van der Waals surface area (Å²) < 4.78 is 40.5. The molecule has 2 aromatic carbocycles. The molecule has 2 heterocycles. The number of nitrogens with two attached hydrogens (primary N) is 1. The first-order valence-corrected chi connectivity index (χ1v) is 12.0. The van der Waals surface area contributed by atoms with Crippen LogP contribution in [0.3, 0.4) is 0 Å². The summed E-state index contributed by atoms with van der Waals surface area (Å²) in [4.78, 5) is 21.0. The third-order valence-corrected chi connectivity index (χ3v) is 7.50. The van der Waals surface area contributed by atoms with Crippen molar-refractivity contribution in [1.82, 2.24) is 15.3 Å². The number of hydrogen-bond acceptors (Lipinski definition) is 5. The Bertz CT molecular complexity index is 1390. The lowest BCUT2D eigenvalue weighted by molar-refractivity contribution is -0.140. The number of carbonyl (C=O) groups excluding carboxylic acids is 1. The summed E-state index contributed by atoms with van der Waals surface area (Å²) in [6.07, 6.45) is -1.39. The minimum absolute atomic E-state index is 0.0366. The number of amides is 1. The molecule has 0 atom stereocenters. The maximum absolute atomic E-state index is 13.2. The Hall–Kier alpha value is -3.20. The smallest absolute Gasteiger partial charge is 0.398 e. The van der Waals surface area contributed by atoms with Crippen molar-refractivity contribution < 1.29 is 18.0 Å². The van der Waals surface area contributed by atoms with Gasteiger partial charge in [0.15, 0.2) is 0 Å². The van der Waals surface area contributed by atoms with Crippen LogP contribution in [0.5, 0.6) is 0 Å². The van der Waals surface area contributed by atoms with Crippen molar-refractivity contribution in [2.75, 3.05) is 5.73 Å². The van der Waals surface area contributed by atoms with Crippen LogP contribution in [0.4, 0.5) is 18.9 Å². The van der Waals surface area contributed by atoms with Gasteiger partial charge in [0.05, 0.1) is 26.8 Å². The predicted octanol–water partition coefficient (Wildman–Crippen LogP) is 6.21. The third-order valence-electron chi connectivity index (χ3n) is 6.63. The summed E-state index contributed by atoms with van der Waals surface area (Å²) in [5, 5.41) is 3.76. The summed E-state index contributed by atoms with van der Waals surface area (Å²) in [7, 11) is 0. The molecule has 0 saturated heterocycles. The zero-order valence-electron chi connectivity index (χ0n) is 18.4. The van der Waals surface area contributed by atoms with E-state index in [-0.39, 0.29) is 29.1 Å². The Balaban J connectivity index is 1.35. The Labute approximate surface area is 198 Å². The van der Waals surface area contributed by atoms with Gasteiger partial charge in [0.2, 0.25) is 0 Å². The Morgan fingerprint density at radius 1 is 1.12 bits per heavy atom. The number of pyridine rings is 1. The van der Waals surface area contributed by atoms with Gasteiger partial charge in [-0.25, -0.2) is 9.97 Å². The van der Waals surface area contributed by atoms with Crippen LogP contribution in [-0.4, -0.2) is 21.9 Å². The number of nitrogens with zero attached hydrogens (tertiary/aromatic N) is 2. The Morgan fingerprint density at radius 2 is 1.88 bits per heavy atom. The molecule has 34 heavy (non-hydrogen) atoms. The van der Waals surface area contributed by atoms with Crippen LogP contribution in [0.15, 0.2) is 41.9 Å². The molecule has 1 amide bonds. The molecular formula is C25H23F3N4OS. The van der Waals surface area contributed by atoms with E-state index in [9.17, 15) is 18.0 Å². The van der Waals surface area contributed by atoms with Crippen molar-refractivity contribution in [3.05, 3.63) is 64.3 Å². The van der Waals surface area contributed by atoms with Gasteiger partial charge in [-0.1, -0.05) is 12.1 Å². The monoisotopic (exact) mass is 484 g/mol. The van der Waals surface area contributed by atoms with Crippen molar-refractivity contribution in [3.8, 4) is 0 Å². The van der Waals surface area contributed by atoms with Gasteiger partial charge in [0, 0.05) is 17.1 Å². The van der Waals surface area contributed by atoms with Crippen molar-refractivity contribution in [3.63, 3.8) is 0 Å². The van der Waals surface area contributed by atoms with E-state index < -0.39 is 11.9 Å². The minimum Gasteiger partial charge on any atom is -0.398 e. The van der Waals surface area contributed by atoms with Gasteiger partial charge in [-0.15, -0.1) is 11.3 Å². The minimum atomic E-state index is -4.55. The van der Waals surface area contributed by atoms with E-state index in [0.29, 0.717) is 10.9 Å². The molecule has 5 nitrogen and oxygen atoms in total. The highest BCUT2D eigenvalue weighted by atomic mass is 32.1. The lowest BCUT2D eigenvalue weighted by Crippen LogP contribution is -2.37. The number of benzene rings is 2. The van der Waals surface area contributed by atoms with Gasteiger partial charge in [0.1, 0.15) is 5.69 Å². The molecule has 1 aliphatic carbocycles. The van der Waals surface area contributed by atoms with Crippen LogP contribution in [-0.2, 0) is 6.18 Å². The van der Waals surface area contributed by atoms with Gasteiger partial charge >= 0.3 is 6.18 Å². The van der Waals surface area contributed by atoms with Crippen LogP contribution >= 0.6 is 11.3 Å². The third kappa shape index (κ3) is 4.09. The molecule has 1 fully saturated rings. The molecule has 4 aromatic rings. The summed E-state index contributed by atoms with van der Waals surface area (Å²) in [6.45, 7) is 1.95. The molecule has 9 heteroatoms.